The van der Waals surface area contributed by atoms with Gasteiger partial charge in [0.25, 0.3) is 0 Å². The molecule has 21 heavy (non-hydrogen) atoms. The highest BCUT2D eigenvalue weighted by molar-refractivity contribution is 5.65. The zero-order valence-electron chi connectivity index (χ0n) is 11.5. The van der Waals surface area contributed by atoms with Crippen LogP contribution < -0.4 is 10.5 Å². The van der Waals surface area contributed by atoms with E-state index >= 15 is 0 Å². The Morgan fingerprint density at radius 2 is 1.86 bits per heavy atom. The lowest BCUT2D eigenvalue weighted by atomic mass is 10.1. The van der Waals surface area contributed by atoms with Crippen LogP contribution in [-0.4, -0.2) is 16.9 Å². The first-order chi connectivity index (χ1) is 10.2. The van der Waals surface area contributed by atoms with Crippen molar-refractivity contribution >= 4 is 5.82 Å². The van der Waals surface area contributed by atoms with Gasteiger partial charge in [-0.05, 0) is 24.3 Å². The predicted octanol–water partition coefficient (Wildman–Crippen LogP) is 3.27. The molecule has 0 unspecified atom stereocenters. The van der Waals surface area contributed by atoms with Crippen molar-refractivity contribution in [2.75, 3.05) is 12.8 Å². The van der Waals surface area contributed by atoms with Gasteiger partial charge in [-0.1, -0.05) is 18.2 Å². The summed E-state index contributed by atoms with van der Waals surface area (Å²) in [7, 11) is 1.50. The van der Waals surface area contributed by atoms with Crippen molar-refractivity contribution in [3.63, 3.8) is 0 Å². The number of aromatic nitrogens is 2. The van der Waals surface area contributed by atoms with Crippen molar-refractivity contribution < 1.29 is 9.13 Å². The molecule has 1 aromatic heterocycles. The lowest BCUT2D eigenvalue weighted by Crippen LogP contribution is -2.01. The van der Waals surface area contributed by atoms with E-state index in [2.05, 4.69) is 5.10 Å². The third-order valence-electron chi connectivity index (χ3n) is 3.19. The number of nitrogens with zero attached hydrogens (tertiary/aromatic N) is 2. The molecule has 0 saturated carbocycles. The highest BCUT2D eigenvalue weighted by Crippen LogP contribution is 2.27. The maximum absolute atomic E-state index is 14.1. The molecular weight excluding hydrogens is 269 g/mol. The van der Waals surface area contributed by atoms with Crippen LogP contribution in [-0.2, 0) is 0 Å². The fraction of sp³-hybridized carbons (Fsp3) is 0.0625. The Morgan fingerprint density at radius 3 is 2.52 bits per heavy atom. The molecule has 0 fully saturated rings. The molecular formula is C16H14FN3O. The Labute approximate surface area is 121 Å². The smallest absolute Gasteiger partial charge is 0.136 e. The maximum Gasteiger partial charge on any atom is 0.136 e. The SMILES string of the molecule is COc1ccc(-c2cc(N)n(-c3ccccc3)n2)c(F)c1. The minimum Gasteiger partial charge on any atom is -0.497 e. The average Bonchev–Trinajstić information content (AvgIpc) is 2.89. The summed E-state index contributed by atoms with van der Waals surface area (Å²) in [4.78, 5) is 0. The monoisotopic (exact) mass is 283 g/mol. The van der Waals surface area contributed by atoms with E-state index in [-0.39, 0.29) is 0 Å². The number of para-hydroxylation sites is 1. The highest BCUT2D eigenvalue weighted by Gasteiger charge is 2.13. The molecule has 106 valence electrons. The first-order valence-corrected chi connectivity index (χ1v) is 6.44. The molecule has 5 heteroatoms. The van der Waals surface area contributed by atoms with Crippen molar-refractivity contribution in [2.45, 2.75) is 0 Å². The molecule has 2 aromatic carbocycles. The number of nitrogen functional groups attached to an aromatic ring is 1. The number of rotatable bonds is 3. The van der Waals surface area contributed by atoms with Gasteiger partial charge in [-0.2, -0.15) is 5.10 Å². The number of methoxy groups -OCH3 is 1. The van der Waals surface area contributed by atoms with Crippen LogP contribution in [0.1, 0.15) is 0 Å². The van der Waals surface area contributed by atoms with Gasteiger partial charge in [0, 0.05) is 17.7 Å². The van der Waals surface area contributed by atoms with Crippen molar-refractivity contribution in [1.82, 2.24) is 9.78 Å². The van der Waals surface area contributed by atoms with Crippen LogP contribution in [0, 0.1) is 5.82 Å². The second-order valence-corrected chi connectivity index (χ2v) is 4.55. The molecule has 0 aliphatic rings. The summed E-state index contributed by atoms with van der Waals surface area (Å²) in [5.41, 5.74) is 7.67. The summed E-state index contributed by atoms with van der Waals surface area (Å²) >= 11 is 0. The molecule has 0 spiro atoms. The van der Waals surface area contributed by atoms with E-state index in [9.17, 15) is 4.39 Å². The van der Waals surface area contributed by atoms with Crippen LogP contribution in [0.3, 0.4) is 0 Å². The van der Waals surface area contributed by atoms with Gasteiger partial charge in [-0.25, -0.2) is 9.07 Å². The van der Waals surface area contributed by atoms with Gasteiger partial charge in [-0.3, -0.25) is 0 Å². The van der Waals surface area contributed by atoms with E-state index in [1.807, 2.05) is 30.3 Å². The molecule has 0 aliphatic heterocycles. The van der Waals surface area contributed by atoms with Crippen molar-refractivity contribution in [3.05, 3.63) is 60.4 Å². The fourth-order valence-corrected chi connectivity index (χ4v) is 2.13. The minimum atomic E-state index is -0.396. The molecule has 3 aromatic rings. The van der Waals surface area contributed by atoms with Crippen LogP contribution in [0.4, 0.5) is 10.2 Å². The molecule has 0 radical (unpaired) electrons. The topological polar surface area (TPSA) is 53.1 Å². The summed E-state index contributed by atoms with van der Waals surface area (Å²) in [6, 6.07) is 15.8. The Balaban J connectivity index is 2.05. The lowest BCUT2D eigenvalue weighted by Gasteiger charge is -2.04. The van der Waals surface area contributed by atoms with Crippen molar-refractivity contribution in [3.8, 4) is 22.7 Å². The van der Waals surface area contributed by atoms with Crippen LogP contribution >= 0.6 is 0 Å². The molecule has 4 nitrogen and oxygen atoms in total. The van der Waals surface area contributed by atoms with Crippen LogP contribution in [0.5, 0.6) is 5.75 Å². The largest absolute Gasteiger partial charge is 0.497 e. The van der Waals surface area contributed by atoms with Crippen molar-refractivity contribution in [1.29, 1.82) is 0 Å². The first kappa shape index (κ1) is 13.2. The Bertz CT molecular complexity index is 768. The molecule has 3 rings (SSSR count). The predicted molar refractivity (Wildman–Crippen MR) is 79.9 cm³/mol. The van der Waals surface area contributed by atoms with E-state index in [0.717, 1.165) is 5.69 Å². The number of benzene rings is 2. The first-order valence-electron chi connectivity index (χ1n) is 6.44. The van der Waals surface area contributed by atoms with Crippen LogP contribution in [0.2, 0.25) is 0 Å². The number of hydrogen-bond donors (Lipinski definition) is 1. The Hall–Kier alpha value is -2.82. The second-order valence-electron chi connectivity index (χ2n) is 4.55. The number of nitrogens with two attached hydrogens (primary N) is 1. The maximum atomic E-state index is 14.1. The number of halogens is 1. The second kappa shape index (κ2) is 5.28. The molecule has 0 bridgehead atoms. The number of anilines is 1. The van der Waals surface area contributed by atoms with Gasteiger partial charge in [0.2, 0.25) is 0 Å². The molecule has 0 atom stereocenters. The van der Waals surface area contributed by atoms with Gasteiger partial charge >= 0.3 is 0 Å². The normalized spacial score (nSPS) is 10.6. The fourth-order valence-electron chi connectivity index (χ4n) is 2.13. The zero-order valence-corrected chi connectivity index (χ0v) is 11.5. The molecule has 2 N–H and O–H groups in total. The third-order valence-corrected chi connectivity index (χ3v) is 3.19. The molecule has 1 heterocycles. The summed E-state index contributed by atoms with van der Waals surface area (Å²) in [6.07, 6.45) is 0. The Kier molecular flexibility index (Phi) is 3.31. The summed E-state index contributed by atoms with van der Waals surface area (Å²) in [6.45, 7) is 0. The van der Waals surface area contributed by atoms with Crippen LogP contribution in [0.25, 0.3) is 16.9 Å². The van der Waals surface area contributed by atoms with E-state index in [0.29, 0.717) is 22.8 Å². The van der Waals surface area contributed by atoms with Gasteiger partial charge in [0.1, 0.15) is 17.4 Å². The zero-order chi connectivity index (χ0) is 14.8. The van der Waals surface area contributed by atoms with Gasteiger partial charge in [0.05, 0.1) is 18.5 Å². The van der Waals surface area contributed by atoms with Gasteiger partial charge in [0.15, 0.2) is 0 Å². The van der Waals surface area contributed by atoms with E-state index in [1.54, 1.807) is 22.9 Å². The third kappa shape index (κ3) is 2.45. The van der Waals surface area contributed by atoms with E-state index in [4.69, 9.17) is 10.5 Å². The summed E-state index contributed by atoms with van der Waals surface area (Å²) < 4.78 is 20.7. The van der Waals surface area contributed by atoms with Crippen LogP contribution in [0.15, 0.2) is 54.6 Å². The summed E-state index contributed by atoms with van der Waals surface area (Å²) in [5.74, 6) is 0.519. The minimum absolute atomic E-state index is 0.386. The molecule has 0 amide bonds. The summed E-state index contributed by atoms with van der Waals surface area (Å²) in [5, 5.41) is 4.38. The average molecular weight is 283 g/mol. The highest BCUT2D eigenvalue weighted by atomic mass is 19.1. The molecule has 0 saturated heterocycles. The number of ether oxygens (including phenoxy) is 1. The number of hydrogen-bond acceptors (Lipinski definition) is 3. The molecule has 0 aliphatic carbocycles. The Morgan fingerprint density at radius 1 is 1.10 bits per heavy atom. The van der Waals surface area contributed by atoms with E-state index in [1.165, 1.54) is 13.2 Å². The van der Waals surface area contributed by atoms with Gasteiger partial charge in [-0.15, -0.1) is 0 Å². The van der Waals surface area contributed by atoms with Gasteiger partial charge < -0.3 is 10.5 Å². The quantitative estimate of drug-likeness (QED) is 0.802. The van der Waals surface area contributed by atoms with Crippen molar-refractivity contribution in [2.24, 2.45) is 0 Å². The lowest BCUT2D eigenvalue weighted by molar-refractivity contribution is 0.411. The standard InChI is InChI=1S/C16H14FN3O/c1-21-12-7-8-13(14(17)9-12)15-10-16(18)20(19-15)11-5-3-2-4-6-11/h2-10H,18H2,1H3. The van der Waals surface area contributed by atoms with E-state index < -0.39 is 5.82 Å².